The molecule has 0 amide bonds. The van der Waals surface area contributed by atoms with Crippen LogP contribution in [0.25, 0.3) is 0 Å². The molecule has 0 saturated heterocycles. The molecule has 1 aliphatic heterocycles. The summed E-state index contributed by atoms with van der Waals surface area (Å²) in [6.07, 6.45) is -2.59. The highest BCUT2D eigenvalue weighted by atomic mass is 35.7. The summed E-state index contributed by atoms with van der Waals surface area (Å²) in [5.74, 6) is 0.142. The van der Waals surface area contributed by atoms with Gasteiger partial charge >= 0.3 is 0 Å². The van der Waals surface area contributed by atoms with E-state index in [0.717, 1.165) is 0 Å². The van der Waals surface area contributed by atoms with Gasteiger partial charge in [0.05, 0.1) is 4.90 Å². The lowest BCUT2D eigenvalue weighted by Gasteiger charge is -2.38. The third kappa shape index (κ3) is 4.32. The first-order valence-electron chi connectivity index (χ1n) is 5.34. The summed E-state index contributed by atoms with van der Waals surface area (Å²) in [5, 5.41) is 0. The molecule has 1 aromatic rings. The predicted octanol–water partition coefficient (Wildman–Crippen LogP) is 5.13. The summed E-state index contributed by atoms with van der Waals surface area (Å²) in [4.78, 5) is -0.216. The quantitative estimate of drug-likeness (QED) is 0.423. The lowest BCUT2D eigenvalue weighted by Crippen LogP contribution is -2.42. The maximum Gasteiger partial charge on any atom is 0.261 e. The van der Waals surface area contributed by atoms with Crippen LogP contribution in [0.1, 0.15) is 11.7 Å². The van der Waals surface area contributed by atoms with E-state index < -0.39 is 29.0 Å². The number of alkyl halides is 6. The highest BCUT2D eigenvalue weighted by Crippen LogP contribution is 2.51. The maximum atomic E-state index is 11.4. The molecule has 0 bridgehead atoms. The second-order valence-electron chi connectivity index (χ2n) is 4.19. The Morgan fingerprint density at radius 3 is 2.05 bits per heavy atom. The highest BCUT2D eigenvalue weighted by Gasteiger charge is 2.48. The molecule has 1 aliphatic rings. The van der Waals surface area contributed by atoms with E-state index in [9.17, 15) is 8.42 Å². The molecule has 0 aromatic heterocycles. The minimum absolute atomic E-state index is 0.142. The van der Waals surface area contributed by atoms with E-state index in [1.165, 1.54) is 18.2 Å². The van der Waals surface area contributed by atoms with Gasteiger partial charge in [-0.1, -0.05) is 69.6 Å². The molecule has 0 radical (unpaired) electrons. The van der Waals surface area contributed by atoms with Crippen molar-refractivity contribution in [3.63, 3.8) is 0 Å². The van der Waals surface area contributed by atoms with Crippen LogP contribution in [0.2, 0.25) is 0 Å². The number of benzene rings is 1. The van der Waals surface area contributed by atoms with Crippen molar-refractivity contribution in [2.24, 2.45) is 0 Å². The second kappa shape index (κ2) is 6.36. The van der Waals surface area contributed by atoms with Crippen molar-refractivity contribution in [2.45, 2.75) is 24.9 Å². The third-order valence-electron chi connectivity index (χ3n) is 2.60. The lowest BCUT2D eigenvalue weighted by atomic mass is 10.1. The lowest BCUT2D eigenvalue weighted by molar-refractivity contribution is -0.136. The summed E-state index contributed by atoms with van der Waals surface area (Å²) in [5.41, 5.74) is 0.146. The van der Waals surface area contributed by atoms with Gasteiger partial charge < -0.3 is 9.47 Å². The van der Waals surface area contributed by atoms with Gasteiger partial charge in [0.15, 0.2) is 0 Å². The first-order chi connectivity index (χ1) is 9.80. The van der Waals surface area contributed by atoms with Crippen molar-refractivity contribution < 1.29 is 17.9 Å². The Labute approximate surface area is 160 Å². The fraction of sp³-hybridized carbons (Fsp3) is 0.400. The van der Waals surface area contributed by atoms with Gasteiger partial charge in [0.1, 0.15) is 11.9 Å². The van der Waals surface area contributed by atoms with Crippen molar-refractivity contribution in [3.8, 4) is 5.75 Å². The van der Waals surface area contributed by atoms with Crippen LogP contribution in [0.5, 0.6) is 5.75 Å². The van der Waals surface area contributed by atoms with Gasteiger partial charge in [-0.25, -0.2) is 8.42 Å². The molecule has 2 unspecified atom stereocenters. The van der Waals surface area contributed by atoms with Crippen LogP contribution in [0.4, 0.5) is 0 Å². The molecule has 2 rings (SSSR count). The van der Waals surface area contributed by atoms with Crippen molar-refractivity contribution in [1.29, 1.82) is 0 Å². The normalized spacial score (nSPS) is 22.9. The Balaban J connectivity index is 2.57. The monoisotopic (exact) mass is 466 g/mol. The molecule has 22 heavy (non-hydrogen) atoms. The number of hydrogen-bond donors (Lipinski definition) is 0. The molecule has 0 spiro atoms. The molecule has 4 nitrogen and oxygen atoms in total. The average molecular weight is 469 g/mol. The number of ether oxygens (including phenoxy) is 2. The van der Waals surface area contributed by atoms with Crippen LogP contribution < -0.4 is 4.74 Å². The molecular formula is C10H5Cl7O4S. The molecule has 1 heterocycles. The summed E-state index contributed by atoms with van der Waals surface area (Å²) in [7, 11) is 1.30. The molecule has 0 saturated carbocycles. The topological polar surface area (TPSA) is 52.6 Å². The zero-order chi connectivity index (χ0) is 16.9. The SMILES string of the molecule is O=S(=O)(Cl)c1ccc2c(c1)C(C(Cl)(Cl)Cl)OC(C(Cl)(Cl)Cl)O2. The van der Waals surface area contributed by atoms with E-state index in [1.54, 1.807) is 0 Å². The van der Waals surface area contributed by atoms with Gasteiger partial charge in [0.25, 0.3) is 12.8 Å². The van der Waals surface area contributed by atoms with E-state index in [4.69, 9.17) is 89.8 Å². The Bertz CT molecular complexity index is 679. The number of hydrogen-bond acceptors (Lipinski definition) is 4. The smallest absolute Gasteiger partial charge is 0.261 e. The summed E-state index contributed by atoms with van der Waals surface area (Å²) >= 11 is 34.8. The predicted molar refractivity (Wildman–Crippen MR) is 88.3 cm³/mol. The second-order valence-corrected chi connectivity index (χ2v) is 11.5. The van der Waals surface area contributed by atoms with Crippen LogP contribution in [-0.4, -0.2) is 22.3 Å². The molecule has 0 aliphatic carbocycles. The largest absolute Gasteiger partial charge is 0.460 e. The van der Waals surface area contributed by atoms with Crippen molar-refractivity contribution in [2.75, 3.05) is 0 Å². The number of fused-ring (bicyclic) bond motifs is 1. The highest BCUT2D eigenvalue weighted by molar-refractivity contribution is 8.13. The van der Waals surface area contributed by atoms with Crippen molar-refractivity contribution >= 4 is 89.3 Å². The molecule has 2 atom stereocenters. The molecular weight excluding hydrogens is 464 g/mol. The van der Waals surface area contributed by atoms with E-state index in [0.29, 0.717) is 0 Å². The number of halogens is 7. The fourth-order valence-electron chi connectivity index (χ4n) is 1.73. The minimum Gasteiger partial charge on any atom is -0.460 e. The van der Waals surface area contributed by atoms with Crippen LogP contribution in [0.3, 0.4) is 0 Å². The minimum atomic E-state index is -3.99. The zero-order valence-electron chi connectivity index (χ0n) is 10.1. The van der Waals surface area contributed by atoms with Gasteiger partial charge in [0.2, 0.25) is 10.1 Å². The third-order valence-corrected chi connectivity index (χ3v) is 5.08. The zero-order valence-corrected chi connectivity index (χ0v) is 16.2. The first-order valence-corrected chi connectivity index (χ1v) is 9.92. The van der Waals surface area contributed by atoms with E-state index in [2.05, 4.69) is 0 Å². The van der Waals surface area contributed by atoms with Crippen LogP contribution in [0.15, 0.2) is 23.1 Å². The standard InChI is InChI=1S/C10H5Cl7O4S/c11-9(12,13)7-5-3-4(22(17,18)19)1-2-6(5)20-8(21-7)10(14,15)16/h1-3,7-8H. The Kier molecular flexibility index (Phi) is 5.57. The first kappa shape index (κ1) is 19.3. The van der Waals surface area contributed by atoms with Gasteiger partial charge in [0, 0.05) is 16.2 Å². The molecule has 124 valence electrons. The summed E-state index contributed by atoms with van der Waals surface area (Å²) < 4.78 is 29.6. The molecule has 1 aromatic carbocycles. The number of rotatable bonds is 1. The van der Waals surface area contributed by atoms with Crippen LogP contribution in [-0.2, 0) is 13.8 Å². The fourth-order valence-corrected chi connectivity index (χ4v) is 3.31. The molecule has 12 heteroatoms. The van der Waals surface area contributed by atoms with E-state index >= 15 is 0 Å². The Hall–Kier alpha value is 0.960. The molecule has 0 fully saturated rings. The van der Waals surface area contributed by atoms with Crippen LogP contribution >= 0.6 is 80.3 Å². The Morgan fingerprint density at radius 1 is 1.00 bits per heavy atom. The van der Waals surface area contributed by atoms with Crippen LogP contribution in [0, 0.1) is 0 Å². The van der Waals surface area contributed by atoms with E-state index in [1.807, 2.05) is 0 Å². The van der Waals surface area contributed by atoms with Gasteiger partial charge in [-0.2, -0.15) is 0 Å². The maximum absolute atomic E-state index is 11.4. The van der Waals surface area contributed by atoms with Gasteiger partial charge in [-0.3, -0.25) is 0 Å². The van der Waals surface area contributed by atoms with Crippen molar-refractivity contribution in [1.82, 2.24) is 0 Å². The van der Waals surface area contributed by atoms with Gasteiger partial charge in [-0.15, -0.1) is 0 Å². The van der Waals surface area contributed by atoms with E-state index in [-0.39, 0.29) is 16.2 Å². The Morgan fingerprint density at radius 2 is 1.59 bits per heavy atom. The van der Waals surface area contributed by atoms with Crippen molar-refractivity contribution in [3.05, 3.63) is 23.8 Å². The average Bonchev–Trinajstić information content (AvgIpc) is 2.33. The summed E-state index contributed by atoms with van der Waals surface area (Å²) in [6.45, 7) is 0. The van der Waals surface area contributed by atoms with Gasteiger partial charge in [-0.05, 0) is 18.2 Å². The summed E-state index contributed by atoms with van der Waals surface area (Å²) in [6, 6.07) is 3.68. The molecule has 0 N–H and O–H groups in total.